The van der Waals surface area contributed by atoms with Crippen molar-refractivity contribution >= 4 is 38.9 Å². The summed E-state index contributed by atoms with van der Waals surface area (Å²) in [4.78, 5) is -0.0732. The average Bonchev–Trinajstić information content (AvgIpc) is 2.33. The molecule has 0 aliphatic heterocycles. The Hall–Kier alpha value is -1.43. The van der Waals surface area contributed by atoms with E-state index in [4.69, 9.17) is 23.2 Å². The van der Waals surface area contributed by atoms with Gasteiger partial charge in [0.2, 0.25) is 0 Å². The van der Waals surface area contributed by atoms with Crippen LogP contribution in [0.25, 0.3) is 0 Å². The van der Waals surface area contributed by atoms with Gasteiger partial charge in [-0.25, -0.2) is 8.42 Å². The fraction of sp³-hybridized carbons (Fsp3) is 0.0769. The Kier molecular flexibility index (Phi) is 4.13. The third kappa shape index (κ3) is 3.17. The van der Waals surface area contributed by atoms with E-state index < -0.39 is 10.0 Å². The molecular formula is C13H11Cl2NO3S. The predicted octanol–water partition coefficient (Wildman–Crippen LogP) is 3.81. The number of halogens is 2. The van der Waals surface area contributed by atoms with E-state index in [1.165, 1.54) is 24.3 Å². The van der Waals surface area contributed by atoms with Gasteiger partial charge in [0.05, 0.1) is 10.6 Å². The van der Waals surface area contributed by atoms with Crippen molar-refractivity contribution < 1.29 is 13.5 Å². The molecule has 0 heterocycles. The number of aryl methyl sites for hydroxylation is 1. The number of para-hydroxylation sites is 1. The molecule has 0 saturated heterocycles. The van der Waals surface area contributed by atoms with E-state index in [-0.39, 0.29) is 26.4 Å². The minimum atomic E-state index is -3.88. The third-order valence-corrected chi connectivity index (χ3v) is 4.41. The Morgan fingerprint density at radius 3 is 2.30 bits per heavy atom. The number of rotatable bonds is 3. The molecule has 4 nitrogen and oxygen atoms in total. The second kappa shape index (κ2) is 5.52. The van der Waals surface area contributed by atoms with E-state index in [0.717, 1.165) is 0 Å². The standard InChI is InChI=1S/C13H11Cl2NO3S/c1-8-3-2-4-12(13(8)17)16-20(18,19)11-6-9(14)5-10(15)7-11/h2-7,16-17H,1H3. The maximum Gasteiger partial charge on any atom is 0.262 e. The maximum absolute atomic E-state index is 12.2. The number of phenols is 1. The van der Waals surface area contributed by atoms with Crippen molar-refractivity contribution in [3.63, 3.8) is 0 Å². The van der Waals surface area contributed by atoms with Crippen LogP contribution in [-0.2, 0) is 10.0 Å². The number of anilines is 1. The summed E-state index contributed by atoms with van der Waals surface area (Å²) in [5, 5.41) is 10.3. The number of sulfonamides is 1. The van der Waals surface area contributed by atoms with Gasteiger partial charge < -0.3 is 5.11 Å². The molecule has 0 aromatic heterocycles. The number of phenolic OH excluding ortho intramolecular Hbond substituents is 1. The summed E-state index contributed by atoms with van der Waals surface area (Å²) in [6, 6.07) is 8.77. The van der Waals surface area contributed by atoms with Gasteiger partial charge in [0, 0.05) is 10.0 Å². The highest BCUT2D eigenvalue weighted by Gasteiger charge is 2.17. The maximum atomic E-state index is 12.2. The second-order valence-corrected chi connectivity index (χ2v) is 6.74. The summed E-state index contributed by atoms with van der Waals surface area (Å²) in [5.41, 5.74) is 0.662. The van der Waals surface area contributed by atoms with Crippen molar-refractivity contribution in [1.82, 2.24) is 0 Å². The molecule has 0 unspecified atom stereocenters. The van der Waals surface area contributed by atoms with E-state index in [0.29, 0.717) is 5.56 Å². The van der Waals surface area contributed by atoms with E-state index in [1.807, 2.05) is 0 Å². The largest absolute Gasteiger partial charge is 0.505 e. The van der Waals surface area contributed by atoms with E-state index in [9.17, 15) is 13.5 Å². The number of hydrogen-bond acceptors (Lipinski definition) is 3. The molecule has 106 valence electrons. The molecule has 0 spiro atoms. The lowest BCUT2D eigenvalue weighted by Crippen LogP contribution is -2.13. The number of aromatic hydroxyl groups is 1. The van der Waals surface area contributed by atoms with Crippen molar-refractivity contribution in [2.24, 2.45) is 0 Å². The fourth-order valence-corrected chi connectivity index (χ4v) is 3.42. The Balaban J connectivity index is 2.43. The van der Waals surface area contributed by atoms with Gasteiger partial charge >= 0.3 is 0 Å². The monoisotopic (exact) mass is 331 g/mol. The normalized spacial score (nSPS) is 11.3. The summed E-state index contributed by atoms with van der Waals surface area (Å²) in [7, 11) is -3.88. The molecular weight excluding hydrogens is 321 g/mol. The van der Waals surface area contributed by atoms with Crippen LogP contribution in [0.15, 0.2) is 41.3 Å². The minimum absolute atomic E-state index is 0.0732. The molecule has 7 heteroatoms. The summed E-state index contributed by atoms with van der Waals surface area (Å²) >= 11 is 11.6. The Morgan fingerprint density at radius 2 is 1.70 bits per heavy atom. The summed E-state index contributed by atoms with van der Waals surface area (Å²) < 4.78 is 26.8. The van der Waals surface area contributed by atoms with Gasteiger partial charge in [-0.15, -0.1) is 0 Å². The molecule has 20 heavy (non-hydrogen) atoms. The van der Waals surface area contributed by atoms with Gasteiger partial charge in [0.25, 0.3) is 10.0 Å². The van der Waals surface area contributed by atoms with Crippen LogP contribution in [0.4, 0.5) is 5.69 Å². The molecule has 0 saturated carbocycles. The van der Waals surface area contributed by atoms with Gasteiger partial charge in [0.1, 0.15) is 5.75 Å². The van der Waals surface area contributed by atoms with Crippen LogP contribution in [0.1, 0.15) is 5.56 Å². The van der Waals surface area contributed by atoms with Gasteiger partial charge in [-0.05, 0) is 36.8 Å². The summed E-state index contributed by atoms with van der Waals surface area (Å²) in [6.07, 6.45) is 0. The molecule has 2 aromatic rings. The third-order valence-electron chi connectivity index (χ3n) is 2.63. The molecule has 2 rings (SSSR count). The second-order valence-electron chi connectivity index (χ2n) is 4.18. The Bertz CT molecular complexity index is 740. The first-order valence-corrected chi connectivity index (χ1v) is 7.81. The zero-order valence-corrected chi connectivity index (χ0v) is 12.7. The topological polar surface area (TPSA) is 66.4 Å². The number of hydrogen-bond donors (Lipinski definition) is 2. The van der Waals surface area contributed by atoms with Crippen LogP contribution < -0.4 is 4.72 Å². The molecule has 0 atom stereocenters. The van der Waals surface area contributed by atoms with E-state index >= 15 is 0 Å². The Morgan fingerprint density at radius 1 is 1.10 bits per heavy atom. The number of nitrogens with one attached hydrogen (secondary N) is 1. The highest BCUT2D eigenvalue weighted by Crippen LogP contribution is 2.30. The summed E-state index contributed by atoms with van der Waals surface area (Å²) in [5.74, 6) is -0.121. The van der Waals surface area contributed by atoms with Crippen molar-refractivity contribution in [2.45, 2.75) is 11.8 Å². The SMILES string of the molecule is Cc1cccc(NS(=O)(=O)c2cc(Cl)cc(Cl)c2)c1O. The first-order chi connectivity index (χ1) is 9.29. The quantitative estimate of drug-likeness (QED) is 0.840. The summed E-state index contributed by atoms with van der Waals surface area (Å²) in [6.45, 7) is 1.67. The van der Waals surface area contributed by atoms with Crippen LogP contribution in [0.2, 0.25) is 10.0 Å². The molecule has 0 radical (unpaired) electrons. The van der Waals surface area contributed by atoms with E-state index in [1.54, 1.807) is 19.1 Å². The minimum Gasteiger partial charge on any atom is -0.505 e. The lowest BCUT2D eigenvalue weighted by molar-refractivity contribution is 0.473. The molecule has 0 aliphatic carbocycles. The van der Waals surface area contributed by atoms with Crippen LogP contribution in [0.5, 0.6) is 5.75 Å². The predicted molar refractivity (Wildman–Crippen MR) is 80.1 cm³/mol. The number of benzene rings is 2. The lowest BCUT2D eigenvalue weighted by Gasteiger charge is -2.11. The van der Waals surface area contributed by atoms with Crippen LogP contribution >= 0.6 is 23.2 Å². The molecule has 0 fully saturated rings. The van der Waals surface area contributed by atoms with Crippen molar-refractivity contribution in [3.05, 3.63) is 52.0 Å². The van der Waals surface area contributed by atoms with Gasteiger partial charge in [-0.2, -0.15) is 0 Å². The van der Waals surface area contributed by atoms with Gasteiger partial charge in [-0.3, -0.25) is 4.72 Å². The average molecular weight is 332 g/mol. The van der Waals surface area contributed by atoms with Crippen molar-refractivity contribution in [3.8, 4) is 5.75 Å². The first-order valence-electron chi connectivity index (χ1n) is 5.57. The van der Waals surface area contributed by atoms with Gasteiger partial charge in [-0.1, -0.05) is 35.3 Å². The molecule has 0 aliphatic rings. The molecule has 0 bridgehead atoms. The Labute approximate surface area is 127 Å². The fourth-order valence-electron chi connectivity index (χ4n) is 1.63. The van der Waals surface area contributed by atoms with E-state index in [2.05, 4.69) is 4.72 Å². The van der Waals surface area contributed by atoms with Crippen LogP contribution in [-0.4, -0.2) is 13.5 Å². The van der Waals surface area contributed by atoms with Crippen LogP contribution in [0, 0.1) is 6.92 Å². The molecule has 2 aromatic carbocycles. The van der Waals surface area contributed by atoms with Crippen molar-refractivity contribution in [2.75, 3.05) is 4.72 Å². The zero-order chi connectivity index (χ0) is 14.9. The van der Waals surface area contributed by atoms with Crippen molar-refractivity contribution in [1.29, 1.82) is 0 Å². The first kappa shape index (κ1) is 15.0. The zero-order valence-electron chi connectivity index (χ0n) is 10.4. The highest BCUT2D eigenvalue weighted by atomic mass is 35.5. The van der Waals surface area contributed by atoms with Crippen LogP contribution in [0.3, 0.4) is 0 Å². The smallest absolute Gasteiger partial charge is 0.262 e. The highest BCUT2D eigenvalue weighted by molar-refractivity contribution is 7.92. The van der Waals surface area contributed by atoms with Gasteiger partial charge in [0.15, 0.2) is 0 Å². The lowest BCUT2D eigenvalue weighted by atomic mass is 10.2. The molecule has 0 amide bonds. The molecule has 2 N–H and O–H groups in total.